The summed E-state index contributed by atoms with van der Waals surface area (Å²) in [4.78, 5) is 27.8. The fourth-order valence-corrected chi connectivity index (χ4v) is 5.65. The van der Waals surface area contributed by atoms with Crippen molar-refractivity contribution < 1.29 is 4.79 Å². The lowest BCUT2D eigenvalue weighted by Crippen LogP contribution is -2.32. The number of halogens is 1. The highest BCUT2D eigenvalue weighted by Crippen LogP contribution is 2.34. The van der Waals surface area contributed by atoms with Gasteiger partial charge in [-0.15, -0.1) is 0 Å². The summed E-state index contributed by atoms with van der Waals surface area (Å²) in [7, 11) is 0. The number of hydrogen-bond acceptors (Lipinski definition) is 8. The number of thiazole rings is 1. The van der Waals surface area contributed by atoms with Crippen molar-refractivity contribution in [2.24, 2.45) is 0 Å². The number of aromatic nitrogens is 3. The van der Waals surface area contributed by atoms with Crippen LogP contribution in [0.5, 0.6) is 0 Å². The Kier molecular flexibility index (Phi) is 6.01. The molecule has 0 aliphatic carbocycles. The minimum atomic E-state index is -0.105. The number of rotatable bonds is 5. The number of nitrogens with one attached hydrogen (secondary N) is 1. The predicted octanol–water partition coefficient (Wildman–Crippen LogP) is 4.02. The summed E-state index contributed by atoms with van der Waals surface area (Å²) in [5, 5.41) is 5.21. The third kappa shape index (κ3) is 4.66. The maximum absolute atomic E-state index is 12.2. The number of hydrogen-bond donors (Lipinski definition) is 1. The van der Waals surface area contributed by atoms with Gasteiger partial charge in [-0.25, -0.2) is 9.97 Å². The van der Waals surface area contributed by atoms with E-state index in [9.17, 15) is 4.79 Å². The molecule has 1 saturated heterocycles. The van der Waals surface area contributed by atoms with Gasteiger partial charge in [0.05, 0.1) is 5.75 Å². The Balaban J connectivity index is 1.45. The molecule has 0 atom stereocenters. The quantitative estimate of drug-likeness (QED) is 0.477. The average molecular weight is 438 g/mol. The molecule has 6 nitrogen and oxygen atoms in total. The molecule has 1 aliphatic heterocycles. The van der Waals surface area contributed by atoms with Gasteiger partial charge in [0.2, 0.25) is 5.91 Å². The molecule has 10 heteroatoms. The lowest BCUT2D eigenvalue weighted by Gasteiger charge is -2.25. The van der Waals surface area contributed by atoms with Crippen LogP contribution in [-0.4, -0.2) is 51.2 Å². The Hall–Kier alpha value is -1.55. The first-order chi connectivity index (χ1) is 13.2. The molecule has 0 bridgehead atoms. The highest BCUT2D eigenvalue weighted by molar-refractivity contribution is 8.00. The molecule has 27 heavy (non-hydrogen) atoms. The van der Waals surface area contributed by atoms with Crippen molar-refractivity contribution in [2.75, 3.05) is 40.6 Å². The molecule has 4 rings (SSSR count). The summed E-state index contributed by atoms with van der Waals surface area (Å²) in [6.07, 6.45) is 1.51. The van der Waals surface area contributed by atoms with Crippen LogP contribution >= 0.6 is 46.5 Å². The first-order valence-electron chi connectivity index (χ1n) is 8.31. The van der Waals surface area contributed by atoms with Crippen molar-refractivity contribution in [3.8, 4) is 0 Å². The number of benzene rings is 1. The fraction of sp³-hybridized carbons (Fsp3) is 0.294. The maximum Gasteiger partial charge on any atom is 0.234 e. The van der Waals surface area contributed by atoms with Gasteiger partial charge in [0, 0.05) is 35.3 Å². The molecule has 3 aromatic rings. The van der Waals surface area contributed by atoms with Gasteiger partial charge in [-0.2, -0.15) is 16.7 Å². The zero-order valence-corrected chi connectivity index (χ0v) is 17.4. The van der Waals surface area contributed by atoms with Gasteiger partial charge in [0.25, 0.3) is 0 Å². The molecule has 0 radical (unpaired) electrons. The molecule has 1 aliphatic rings. The Labute approximate surface area is 174 Å². The van der Waals surface area contributed by atoms with Gasteiger partial charge in [-0.1, -0.05) is 40.8 Å². The molecule has 1 fully saturated rings. The summed E-state index contributed by atoms with van der Waals surface area (Å²) < 4.78 is 0.936. The smallest absolute Gasteiger partial charge is 0.234 e. The van der Waals surface area contributed by atoms with E-state index in [4.69, 9.17) is 11.6 Å². The molecule has 2 aromatic heterocycles. The third-order valence-corrected chi connectivity index (χ3v) is 7.29. The minimum absolute atomic E-state index is 0.105. The summed E-state index contributed by atoms with van der Waals surface area (Å²) >= 11 is 10.9. The molecule has 1 aromatic carbocycles. The van der Waals surface area contributed by atoms with E-state index in [1.165, 1.54) is 18.1 Å². The first-order valence-corrected chi connectivity index (χ1v) is 11.6. The Morgan fingerprint density at radius 3 is 2.96 bits per heavy atom. The first kappa shape index (κ1) is 18.8. The van der Waals surface area contributed by atoms with Crippen LogP contribution in [0.25, 0.3) is 10.3 Å². The molecule has 1 amide bonds. The maximum atomic E-state index is 12.2. The van der Waals surface area contributed by atoms with Crippen molar-refractivity contribution in [3.63, 3.8) is 0 Å². The molecule has 0 unspecified atom stereocenters. The summed E-state index contributed by atoms with van der Waals surface area (Å²) in [5.74, 6) is 2.39. The van der Waals surface area contributed by atoms with Gasteiger partial charge in [-0.05, 0) is 18.2 Å². The fourth-order valence-electron chi connectivity index (χ4n) is 2.61. The van der Waals surface area contributed by atoms with E-state index in [1.807, 2.05) is 17.8 Å². The zero-order chi connectivity index (χ0) is 18.6. The molecule has 3 heterocycles. The highest BCUT2D eigenvalue weighted by atomic mass is 35.5. The van der Waals surface area contributed by atoms with E-state index in [-0.39, 0.29) is 11.7 Å². The second-order valence-electron chi connectivity index (χ2n) is 5.77. The van der Waals surface area contributed by atoms with Gasteiger partial charge in [0.15, 0.2) is 10.8 Å². The lowest BCUT2D eigenvalue weighted by molar-refractivity contribution is -0.113. The lowest BCUT2D eigenvalue weighted by atomic mass is 10.3. The van der Waals surface area contributed by atoms with Gasteiger partial charge in [0.1, 0.15) is 16.1 Å². The van der Waals surface area contributed by atoms with Crippen LogP contribution in [0.15, 0.2) is 35.6 Å². The Morgan fingerprint density at radius 1 is 1.30 bits per heavy atom. The topological polar surface area (TPSA) is 71.0 Å². The molecule has 0 spiro atoms. The largest absolute Gasteiger partial charge is 0.346 e. The normalized spacial score (nSPS) is 14.5. The van der Waals surface area contributed by atoms with Gasteiger partial charge >= 0.3 is 0 Å². The van der Waals surface area contributed by atoms with E-state index in [2.05, 4.69) is 25.2 Å². The second kappa shape index (κ2) is 8.64. The highest BCUT2D eigenvalue weighted by Gasteiger charge is 2.18. The SMILES string of the molecule is O=C(CSc1ncnc2nc(N3CCSCC3)sc12)Nc1cccc(Cl)c1. The standard InChI is InChI=1S/C17H16ClN5OS3/c18-11-2-1-3-12(8-11)21-13(24)9-26-16-14-15(19-10-20-16)22-17(27-14)23-4-6-25-7-5-23/h1-3,8,10H,4-7,9H2,(H,21,24). The van der Waals surface area contributed by atoms with Gasteiger partial charge in [-0.3, -0.25) is 4.79 Å². The molecule has 0 saturated carbocycles. The van der Waals surface area contributed by atoms with Crippen LogP contribution in [0.1, 0.15) is 0 Å². The number of carbonyl (C=O) groups excluding carboxylic acids is 1. The van der Waals surface area contributed by atoms with Crippen molar-refractivity contribution in [2.45, 2.75) is 5.03 Å². The molecular weight excluding hydrogens is 422 g/mol. The van der Waals surface area contributed by atoms with Crippen molar-refractivity contribution >= 4 is 73.5 Å². The van der Waals surface area contributed by atoms with Crippen LogP contribution < -0.4 is 10.2 Å². The number of anilines is 2. The summed E-state index contributed by atoms with van der Waals surface area (Å²) in [6.45, 7) is 2.00. The minimum Gasteiger partial charge on any atom is -0.346 e. The zero-order valence-electron chi connectivity index (χ0n) is 14.2. The van der Waals surface area contributed by atoms with E-state index in [1.54, 1.807) is 29.5 Å². The second-order valence-corrected chi connectivity index (χ2v) is 9.38. The number of thioether (sulfide) groups is 2. The molecule has 140 valence electrons. The average Bonchev–Trinajstić information content (AvgIpc) is 3.12. The number of carbonyl (C=O) groups is 1. The number of nitrogens with zero attached hydrogens (tertiary/aromatic N) is 4. The monoisotopic (exact) mass is 437 g/mol. The van der Waals surface area contributed by atoms with E-state index < -0.39 is 0 Å². The number of amides is 1. The van der Waals surface area contributed by atoms with E-state index >= 15 is 0 Å². The van der Waals surface area contributed by atoms with Crippen molar-refractivity contribution in [1.29, 1.82) is 0 Å². The van der Waals surface area contributed by atoms with E-state index in [0.29, 0.717) is 16.4 Å². The predicted molar refractivity (Wildman–Crippen MR) is 116 cm³/mol. The summed E-state index contributed by atoms with van der Waals surface area (Å²) in [6, 6.07) is 7.10. The van der Waals surface area contributed by atoms with Crippen LogP contribution in [0.3, 0.4) is 0 Å². The number of fused-ring (bicyclic) bond motifs is 1. The van der Waals surface area contributed by atoms with Crippen molar-refractivity contribution in [3.05, 3.63) is 35.6 Å². The summed E-state index contributed by atoms with van der Waals surface area (Å²) in [5.41, 5.74) is 1.38. The van der Waals surface area contributed by atoms with Crippen molar-refractivity contribution in [1.82, 2.24) is 15.0 Å². The van der Waals surface area contributed by atoms with Crippen LogP contribution in [-0.2, 0) is 4.79 Å². The van der Waals surface area contributed by atoms with Gasteiger partial charge < -0.3 is 10.2 Å². The third-order valence-electron chi connectivity index (χ3n) is 3.88. The Morgan fingerprint density at radius 2 is 2.15 bits per heavy atom. The molecule has 1 N–H and O–H groups in total. The van der Waals surface area contributed by atoms with Crippen LogP contribution in [0, 0.1) is 0 Å². The van der Waals surface area contributed by atoms with E-state index in [0.717, 1.165) is 39.5 Å². The van der Waals surface area contributed by atoms with Crippen LogP contribution in [0.2, 0.25) is 5.02 Å². The Bertz CT molecular complexity index is 961. The van der Waals surface area contributed by atoms with Crippen LogP contribution in [0.4, 0.5) is 10.8 Å². The molecular formula is C17H16ClN5OS3.